The van der Waals surface area contributed by atoms with Gasteiger partial charge in [-0.3, -0.25) is 0 Å². The van der Waals surface area contributed by atoms with Gasteiger partial charge in [-0.05, 0) is 19.2 Å². The molecule has 1 heterocycles. The Bertz CT molecular complexity index is 517. The van der Waals surface area contributed by atoms with Crippen LogP contribution in [0.15, 0.2) is 29.6 Å². The Morgan fingerprint density at radius 1 is 1.22 bits per heavy atom. The summed E-state index contributed by atoms with van der Waals surface area (Å²) in [7, 11) is 1.82. The van der Waals surface area contributed by atoms with E-state index in [4.69, 9.17) is 0 Å². The maximum atomic E-state index is 12.4. The molecule has 0 fully saturated rings. The molecule has 0 spiro atoms. The monoisotopic (exact) mass is 272 g/mol. The quantitative estimate of drug-likeness (QED) is 0.924. The van der Waals surface area contributed by atoms with Gasteiger partial charge < -0.3 is 5.32 Å². The van der Waals surface area contributed by atoms with Gasteiger partial charge in [0.15, 0.2) is 0 Å². The van der Waals surface area contributed by atoms with E-state index in [-0.39, 0.29) is 0 Å². The Morgan fingerprint density at radius 3 is 2.44 bits per heavy atom. The van der Waals surface area contributed by atoms with Crippen molar-refractivity contribution in [3.05, 3.63) is 40.2 Å². The number of thiazole rings is 1. The van der Waals surface area contributed by atoms with Crippen molar-refractivity contribution in [2.45, 2.75) is 12.7 Å². The third-order valence-electron chi connectivity index (χ3n) is 2.39. The highest BCUT2D eigenvalue weighted by molar-refractivity contribution is 7.09. The zero-order valence-electron chi connectivity index (χ0n) is 9.58. The first-order valence-electron chi connectivity index (χ1n) is 5.27. The summed E-state index contributed by atoms with van der Waals surface area (Å²) in [6.07, 6.45) is -4.29. The Kier molecular flexibility index (Phi) is 3.68. The van der Waals surface area contributed by atoms with Crippen molar-refractivity contribution in [2.75, 3.05) is 7.05 Å². The molecule has 18 heavy (non-hydrogen) atoms. The third kappa shape index (κ3) is 2.88. The molecule has 0 saturated carbocycles. The van der Waals surface area contributed by atoms with Crippen molar-refractivity contribution in [2.24, 2.45) is 0 Å². The molecule has 96 valence electrons. The highest BCUT2D eigenvalue weighted by atomic mass is 32.1. The molecule has 0 bridgehead atoms. The molecule has 2 rings (SSSR count). The van der Waals surface area contributed by atoms with E-state index in [1.54, 1.807) is 0 Å². The highest BCUT2D eigenvalue weighted by Gasteiger charge is 2.30. The predicted molar refractivity (Wildman–Crippen MR) is 65.3 cm³/mol. The second-order valence-electron chi connectivity index (χ2n) is 3.73. The number of benzene rings is 1. The lowest BCUT2D eigenvalue weighted by Gasteiger charge is -2.06. The van der Waals surface area contributed by atoms with E-state index < -0.39 is 11.7 Å². The van der Waals surface area contributed by atoms with Gasteiger partial charge in [0.25, 0.3) is 0 Å². The zero-order chi connectivity index (χ0) is 13.2. The van der Waals surface area contributed by atoms with Crippen LogP contribution in [0.4, 0.5) is 13.2 Å². The molecule has 1 aromatic heterocycles. The van der Waals surface area contributed by atoms with Gasteiger partial charge in [0.05, 0.1) is 11.3 Å². The molecule has 1 aromatic carbocycles. The number of nitrogens with one attached hydrogen (secondary N) is 1. The number of nitrogens with zero attached hydrogens (tertiary/aromatic N) is 1. The molecule has 0 radical (unpaired) electrons. The molecule has 1 N–H and O–H groups in total. The van der Waals surface area contributed by atoms with Crippen molar-refractivity contribution in [3.8, 4) is 11.3 Å². The van der Waals surface area contributed by atoms with Crippen molar-refractivity contribution < 1.29 is 13.2 Å². The summed E-state index contributed by atoms with van der Waals surface area (Å²) in [5.41, 5.74) is 0.762. The first-order valence-corrected chi connectivity index (χ1v) is 6.15. The van der Waals surface area contributed by atoms with E-state index >= 15 is 0 Å². The molecule has 2 nitrogen and oxygen atoms in total. The maximum absolute atomic E-state index is 12.4. The molecule has 0 atom stereocenters. The Labute approximate surface area is 106 Å². The molecule has 0 saturated heterocycles. The zero-order valence-corrected chi connectivity index (χ0v) is 10.4. The summed E-state index contributed by atoms with van der Waals surface area (Å²) in [4.78, 5) is 4.34. The lowest BCUT2D eigenvalue weighted by Crippen LogP contribution is -2.04. The predicted octanol–water partition coefficient (Wildman–Crippen LogP) is 3.55. The normalized spacial score (nSPS) is 11.8. The number of hydrogen-bond donors (Lipinski definition) is 1. The molecule has 0 aliphatic heterocycles. The van der Waals surface area contributed by atoms with Gasteiger partial charge in [-0.15, -0.1) is 11.3 Å². The molecular weight excluding hydrogens is 261 g/mol. The first kappa shape index (κ1) is 13.0. The number of aromatic nitrogens is 1. The third-order valence-corrected chi connectivity index (χ3v) is 3.24. The van der Waals surface area contributed by atoms with Crippen molar-refractivity contribution in [3.63, 3.8) is 0 Å². The van der Waals surface area contributed by atoms with Crippen LogP contribution in [0.3, 0.4) is 0 Å². The van der Waals surface area contributed by atoms with Crippen molar-refractivity contribution in [1.82, 2.24) is 10.3 Å². The average Bonchev–Trinajstić information content (AvgIpc) is 2.77. The van der Waals surface area contributed by atoms with Gasteiger partial charge in [0.1, 0.15) is 5.01 Å². The van der Waals surface area contributed by atoms with Gasteiger partial charge in [0.2, 0.25) is 0 Å². The largest absolute Gasteiger partial charge is 0.416 e. The van der Waals surface area contributed by atoms with Crippen LogP contribution in [0.25, 0.3) is 11.3 Å². The van der Waals surface area contributed by atoms with E-state index in [0.717, 1.165) is 17.1 Å². The van der Waals surface area contributed by atoms with E-state index in [1.807, 2.05) is 12.4 Å². The second-order valence-corrected chi connectivity index (χ2v) is 4.67. The van der Waals surface area contributed by atoms with Gasteiger partial charge in [-0.25, -0.2) is 4.98 Å². The maximum Gasteiger partial charge on any atom is 0.416 e. The van der Waals surface area contributed by atoms with Gasteiger partial charge >= 0.3 is 6.18 Å². The van der Waals surface area contributed by atoms with Gasteiger partial charge in [-0.2, -0.15) is 13.2 Å². The van der Waals surface area contributed by atoms with Crippen LogP contribution < -0.4 is 5.32 Å². The minimum absolute atomic E-state index is 0.642. The standard InChI is InChI=1S/C12H11F3N2S/c1-16-6-11-17-10(7-18-11)8-2-4-9(5-3-8)12(13,14)15/h2-5,7,16H,6H2,1H3. The Morgan fingerprint density at radius 2 is 1.89 bits per heavy atom. The minimum atomic E-state index is -4.29. The number of rotatable bonds is 3. The SMILES string of the molecule is CNCc1nc(-c2ccc(C(F)(F)F)cc2)cs1. The summed E-state index contributed by atoms with van der Waals surface area (Å²) >= 11 is 1.48. The molecule has 0 aliphatic rings. The smallest absolute Gasteiger partial charge is 0.314 e. The summed E-state index contributed by atoms with van der Waals surface area (Å²) in [6, 6.07) is 5.04. The van der Waals surface area contributed by atoms with E-state index in [0.29, 0.717) is 17.8 Å². The van der Waals surface area contributed by atoms with Crippen LogP contribution in [-0.2, 0) is 12.7 Å². The van der Waals surface area contributed by atoms with E-state index in [1.165, 1.54) is 23.5 Å². The van der Waals surface area contributed by atoms with Gasteiger partial charge in [0, 0.05) is 17.5 Å². The summed E-state index contributed by atoms with van der Waals surface area (Å²) in [5.74, 6) is 0. The van der Waals surface area contributed by atoms with E-state index in [9.17, 15) is 13.2 Å². The lowest BCUT2D eigenvalue weighted by atomic mass is 10.1. The molecule has 0 aliphatic carbocycles. The van der Waals surface area contributed by atoms with Crippen LogP contribution in [0.2, 0.25) is 0 Å². The molecular formula is C12H11F3N2S. The summed E-state index contributed by atoms with van der Waals surface area (Å²) in [6.45, 7) is 0.658. The molecule has 6 heteroatoms. The minimum Gasteiger partial charge on any atom is -0.314 e. The number of halogens is 3. The van der Waals surface area contributed by atoms with E-state index in [2.05, 4.69) is 10.3 Å². The first-order chi connectivity index (χ1) is 8.50. The fraction of sp³-hybridized carbons (Fsp3) is 0.250. The summed E-state index contributed by atoms with van der Waals surface area (Å²) in [5, 5.41) is 5.73. The highest BCUT2D eigenvalue weighted by Crippen LogP contribution is 2.31. The fourth-order valence-electron chi connectivity index (χ4n) is 1.51. The van der Waals surface area contributed by atoms with Crippen LogP contribution in [0.1, 0.15) is 10.6 Å². The van der Waals surface area contributed by atoms with Crippen molar-refractivity contribution in [1.29, 1.82) is 0 Å². The Balaban J connectivity index is 2.23. The molecule has 0 unspecified atom stereocenters. The van der Waals surface area contributed by atoms with Crippen LogP contribution in [-0.4, -0.2) is 12.0 Å². The Hall–Kier alpha value is -1.40. The van der Waals surface area contributed by atoms with Crippen LogP contribution in [0, 0.1) is 0 Å². The van der Waals surface area contributed by atoms with Gasteiger partial charge in [-0.1, -0.05) is 12.1 Å². The van der Waals surface area contributed by atoms with Crippen LogP contribution in [0.5, 0.6) is 0 Å². The average molecular weight is 272 g/mol. The summed E-state index contributed by atoms with van der Waals surface area (Å²) < 4.78 is 37.2. The topological polar surface area (TPSA) is 24.9 Å². The second kappa shape index (κ2) is 5.07. The molecule has 0 amide bonds. The number of alkyl halides is 3. The fourth-order valence-corrected chi connectivity index (χ4v) is 2.32. The molecule has 2 aromatic rings. The van der Waals surface area contributed by atoms with Crippen LogP contribution >= 0.6 is 11.3 Å². The lowest BCUT2D eigenvalue weighted by molar-refractivity contribution is -0.137. The number of hydrogen-bond acceptors (Lipinski definition) is 3. The van der Waals surface area contributed by atoms with Crippen molar-refractivity contribution >= 4 is 11.3 Å².